The van der Waals surface area contributed by atoms with E-state index in [2.05, 4.69) is 39.6 Å². The van der Waals surface area contributed by atoms with E-state index in [1.165, 1.54) is 0 Å². The second-order valence-corrected chi connectivity index (χ2v) is 7.76. The third-order valence-corrected chi connectivity index (χ3v) is 4.74. The minimum absolute atomic E-state index is 0.602. The van der Waals surface area contributed by atoms with Gasteiger partial charge in [-0.05, 0) is 76.3 Å². The van der Waals surface area contributed by atoms with Gasteiger partial charge in [-0.3, -0.25) is 4.98 Å². The molecular formula is C22H27ClN6. The average molecular weight is 411 g/mol. The van der Waals surface area contributed by atoms with Gasteiger partial charge < -0.3 is 15.5 Å². The Labute approximate surface area is 177 Å². The van der Waals surface area contributed by atoms with E-state index in [0.717, 1.165) is 58.4 Å². The number of aromatic nitrogens is 3. The first-order valence-corrected chi connectivity index (χ1v) is 10.0. The monoisotopic (exact) mass is 410 g/mol. The highest BCUT2D eigenvalue weighted by molar-refractivity contribution is 6.30. The van der Waals surface area contributed by atoms with Gasteiger partial charge in [-0.15, -0.1) is 0 Å². The molecule has 6 nitrogen and oxygen atoms in total. The highest BCUT2D eigenvalue weighted by atomic mass is 35.5. The summed E-state index contributed by atoms with van der Waals surface area (Å²) in [5, 5.41) is 7.53. The Morgan fingerprint density at radius 3 is 2.34 bits per heavy atom. The van der Waals surface area contributed by atoms with Crippen molar-refractivity contribution >= 4 is 29.1 Å². The number of halogens is 1. The third kappa shape index (κ3) is 5.89. The largest absolute Gasteiger partial charge is 0.354 e. The van der Waals surface area contributed by atoms with Gasteiger partial charge in [0.1, 0.15) is 5.82 Å². The van der Waals surface area contributed by atoms with Crippen LogP contribution in [-0.4, -0.2) is 47.0 Å². The van der Waals surface area contributed by atoms with Crippen LogP contribution in [-0.2, 0) is 0 Å². The van der Waals surface area contributed by atoms with Crippen molar-refractivity contribution in [3.05, 3.63) is 58.9 Å². The number of hydrogen-bond acceptors (Lipinski definition) is 6. The number of rotatable bonds is 8. The molecule has 0 amide bonds. The highest BCUT2D eigenvalue weighted by Crippen LogP contribution is 2.29. The Kier molecular flexibility index (Phi) is 7.01. The lowest BCUT2D eigenvalue weighted by Gasteiger charge is -2.15. The van der Waals surface area contributed by atoms with E-state index in [-0.39, 0.29) is 0 Å². The molecule has 0 saturated carbocycles. The summed E-state index contributed by atoms with van der Waals surface area (Å²) in [4.78, 5) is 15.6. The topological polar surface area (TPSA) is 66.0 Å². The van der Waals surface area contributed by atoms with E-state index in [0.29, 0.717) is 5.95 Å². The first kappa shape index (κ1) is 21.0. The van der Waals surface area contributed by atoms with Gasteiger partial charge in [0.05, 0.1) is 5.69 Å². The molecule has 0 saturated heterocycles. The molecule has 0 bridgehead atoms. The zero-order chi connectivity index (χ0) is 20.8. The van der Waals surface area contributed by atoms with Crippen LogP contribution in [0.25, 0.3) is 11.3 Å². The van der Waals surface area contributed by atoms with Crippen LogP contribution < -0.4 is 10.6 Å². The van der Waals surface area contributed by atoms with Crippen molar-refractivity contribution in [3.8, 4) is 11.3 Å². The summed E-state index contributed by atoms with van der Waals surface area (Å²) in [6.07, 6.45) is 4.54. The molecule has 0 fully saturated rings. The first-order chi connectivity index (χ1) is 13.9. The van der Waals surface area contributed by atoms with Crippen molar-refractivity contribution in [3.63, 3.8) is 0 Å². The molecule has 0 spiro atoms. The number of anilines is 3. The fraction of sp³-hybridized carbons (Fsp3) is 0.318. The molecule has 152 valence electrons. The maximum absolute atomic E-state index is 6.18. The van der Waals surface area contributed by atoms with Gasteiger partial charge in [0, 0.05) is 41.3 Å². The highest BCUT2D eigenvalue weighted by Gasteiger charge is 2.10. The van der Waals surface area contributed by atoms with Gasteiger partial charge in [0.2, 0.25) is 5.95 Å². The molecule has 2 aromatic heterocycles. The standard InChI is InChI=1S/C22H27ClN6/c1-15-12-18(23)13-16(2)21(15)27-20-14-19(17-6-9-24-10-7-17)26-22(28-20)25-8-5-11-29(3)4/h6-7,9-10,12-14H,5,8,11H2,1-4H3,(H2,25,26,27,28). The predicted molar refractivity (Wildman–Crippen MR) is 121 cm³/mol. The Hall–Kier alpha value is -2.70. The molecule has 0 radical (unpaired) electrons. The van der Waals surface area contributed by atoms with Crippen LogP contribution in [0.1, 0.15) is 17.5 Å². The third-order valence-electron chi connectivity index (χ3n) is 4.52. The lowest BCUT2D eigenvalue weighted by Crippen LogP contribution is -2.17. The maximum atomic E-state index is 6.18. The van der Waals surface area contributed by atoms with Crippen LogP contribution in [0.3, 0.4) is 0 Å². The Balaban J connectivity index is 1.90. The number of nitrogens with zero attached hydrogens (tertiary/aromatic N) is 4. The number of aryl methyl sites for hydroxylation is 2. The Morgan fingerprint density at radius 1 is 1.00 bits per heavy atom. The summed E-state index contributed by atoms with van der Waals surface area (Å²) < 4.78 is 0. The second kappa shape index (κ2) is 9.67. The molecule has 0 unspecified atom stereocenters. The fourth-order valence-corrected chi connectivity index (χ4v) is 3.42. The van der Waals surface area contributed by atoms with Gasteiger partial charge in [-0.1, -0.05) is 11.6 Å². The zero-order valence-corrected chi connectivity index (χ0v) is 18.1. The van der Waals surface area contributed by atoms with Gasteiger partial charge in [0.25, 0.3) is 0 Å². The van der Waals surface area contributed by atoms with Crippen molar-refractivity contribution in [1.82, 2.24) is 19.9 Å². The molecule has 0 aliphatic heterocycles. The normalized spacial score (nSPS) is 11.0. The van der Waals surface area contributed by atoms with E-state index in [9.17, 15) is 0 Å². The molecule has 3 rings (SSSR count). The lowest BCUT2D eigenvalue weighted by molar-refractivity contribution is 0.405. The molecule has 2 heterocycles. The van der Waals surface area contributed by atoms with Crippen molar-refractivity contribution in [1.29, 1.82) is 0 Å². The quantitative estimate of drug-likeness (QED) is 0.514. The molecule has 1 aromatic carbocycles. The van der Waals surface area contributed by atoms with Crippen LogP contribution >= 0.6 is 11.6 Å². The van der Waals surface area contributed by atoms with Crippen LogP contribution in [0.2, 0.25) is 5.02 Å². The first-order valence-electron chi connectivity index (χ1n) is 9.64. The number of hydrogen-bond donors (Lipinski definition) is 2. The molecule has 0 aliphatic carbocycles. The summed E-state index contributed by atoms with van der Waals surface area (Å²) in [7, 11) is 4.14. The van der Waals surface area contributed by atoms with Crippen LogP contribution in [0.4, 0.5) is 17.5 Å². The van der Waals surface area contributed by atoms with Crippen LogP contribution in [0, 0.1) is 13.8 Å². The average Bonchev–Trinajstić information content (AvgIpc) is 2.68. The summed E-state index contributed by atoms with van der Waals surface area (Å²) >= 11 is 6.18. The van der Waals surface area contributed by atoms with E-state index in [1.807, 2.05) is 44.2 Å². The summed E-state index contributed by atoms with van der Waals surface area (Å²) in [6, 6.07) is 9.74. The number of benzene rings is 1. The van der Waals surface area contributed by atoms with E-state index in [4.69, 9.17) is 16.6 Å². The van der Waals surface area contributed by atoms with Crippen LogP contribution in [0.15, 0.2) is 42.7 Å². The summed E-state index contributed by atoms with van der Waals surface area (Å²) in [5.74, 6) is 1.33. The van der Waals surface area contributed by atoms with Gasteiger partial charge in [0.15, 0.2) is 0 Å². The summed E-state index contributed by atoms with van der Waals surface area (Å²) in [5.41, 5.74) is 4.97. The minimum Gasteiger partial charge on any atom is -0.354 e. The maximum Gasteiger partial charge on any atom is 0.225 e. The van der Waals surface area contributed by atoms with Gasteiger partial charge in [-0.25, -0.2) is 4.98 Å². The molecular weight excluding hydrogens is 384 g/mol. The number of pyridine rings is 1. The molecule has 0 atom stereocenters. The molecule has 0 aliphatic rings. The van der Waals surface area contributed by atoms with Crippen molar-refractivity contribution < 1.29 is 0 Å². The van der Waals surface area contributed by atoms with Crippen molar-refractivity contribution in [2.45, 2.75) is 20.3 Å². The predicted octanol–water partition coefficient (Wildman–Crippen LogP) is 4.92. The van der Waals surface area contributed by atoms with E-state index >= 15 is 0 Å². The van der Waals surface area contributed by atoms with Crippen molar-refractivity contribution in [2.75, 3.05) is 37.8 Å². The van der Waals surface area contributed by atoms with E-state index in [1.54, 1.807) is 12.4 Å². The summed E-state index contributed by atoms with van der Waals surface area (Å²) in [6.45, 7) is 5.88. The molecule has 7 heteroatoms. The molecule has 3 aromatic rings. The SMILES string of the molecule is Cc1cc(Cl)cc(C)c1Nc1cc(-c2ccncc2)nc(NCCCN(C)C)n1. The Morgan fingerprint density at radius 2 is 1.69 bits per heavy atom. The van der Waals surface area contributed by atoms with E-state index < -0.39 is 0 Å². The molecule has 2 N–H and O–H groups in total. The molecule has 29 heavy (non-hydrogen) atoms. The smallest absolute Gasteiger partial charge is 0.225 e. The van der Waals surface area contributed by atoms with Gasteiger partial charge >= 0.3 is 0 Å². The number of nitrogens with one attached hydrogen (secondary N) is 2. The minimum atomic E-state index is 0.602. The van der Waals surface area contributed by atoms with Gasteiger partial charge in [-0.2, -0.15) is 4.98 Å². The Bertz CT molecular complexity index is 936. The van der Waals surface area contributed by atoms with Crippen molar-refractivity contribution in [2.24, 2.45) is 0 Å². The fourth-order valence-electron chi connectivity index (χ4n) is 3.09. The zero-order valence-electron chi connectivity index (χ0n) is 17.3. The van der Waals surface area contributed by atoms with Crippen LogP contribution in [0.5, 0.6) is 0 Å². The second-order valence-electron chi connectivity index (χ2n) is 7.32. The lowest BCUT2D eigenvalue weighted by atomic mass is 10.1.